The first-order valence-corrected chi connectivity index (χ1v) is 8.59. The molecule has 0 aromatic heterocycles. The molecule has 0 saturated heterocycles. The lowest BCUT2D eigenvalue weighted by molar-refractivity contribution is -0.137. The zero-order chi connectivity index (χ0) is 19.4. The van der Waals surface area contributed by atoms with Crippen LogP contribution in [0, 0.1) is 5.82 Å². The van der Waals surface area contributed by atoms with Gasteiger partial charge in [0.2, 0.25) is 0 Å². The Labute approximate surface area is 155 Å². The van der Waals surface area contributed by atoms with E-state index < -0.39 is 24.2 Å². The standard InChI is InChI=1S/C20H19FN2O4/c21-16-7-1-13(2-8-16)11-23(12-18(24)25)20(27)15-5-3-14(4-6-15)19(26)22-17-9-10-17/h1-8,17H,9-12H2,(H,22,26)(H,24,25). The number of carboxylic acids is 1. The fourth-order valence-corrected chi connectivity index (χ4v) is 2.62. The molecule has 6 nitrogen and oxygen atoms in total. The van der Waals surface area contributed by atoms with E-state index in [0.717, 1.165) is 17.7 Å². The van der Waals surface area contributed by atoms with E-state index >= 15 is 0 Å². The average Bonchev–Trinajstić information content (AvgIpc) is 3.46. The van der Waals surface area contributed by atoms with Crippen LogP contribution in [-0.4, -0.2) is 40.4 Å². The summed E-state index contributed by atoms with van der Waals surface area (Å²) in [5.74, 6) is -2.22. The van der Waals surface area contributed by atoms with Gasteiger partial charge in [-0.2, -0.15) is 0 Å². The molecule has 0 bridgehead atoms. The number of carbonyl (C=O) groups excluding carboxylic acids is 2. The number of nitrogens with zero attached hydrogens (tertiary/aromatic N) is 1. The Bertz CT molecular complexity index is 845. The van der Waals surface area contributed by atoms with Gasteiger partial charge in [-0.15, -0.1) is 0 Å². The van der Waals surface area contributed by atoms with E-state index in [0.29, 0.717) is 11.1 Å². The van der Waals surface area contributed by atoms with Crippen LogP contribution in [0.25, 0.3) is 0 Å². The van der Waals surface area contributed by atoms with E-state index in [9.17, 15) is 18.8 Å². The predicted octanol–water partition coefficient (Wildman–Crippen LogP) is 2.44. The number of carbonyl (C=O) groups is 3. The maximum absolute atomic E-state index is 13.0. The average molecular weight is 370 g/mol. The number of hydrogen-bond donors (Lipinski definition) is 2. The van der Waals surface area contributed by atoms with Crippen LogP contribution in [0.15, 0.2) is 48.5 Å². The smallest absolute Gasteiger partial charge is 0.323 e. The van der Waals surface area contributed by atoms with Crippen molar-refractivity contribution in [2.24, 2.45) is 0 Å². The minimum absolute atomic E-state index is 0.0370. The number of nitrogens with one attached hydrogen (secondary N) is 1. The number of benzene rings is 2. The molecule has 0 unspecified atom stereocenters. The number of amides is 2. The molecule has 27 heavy (non-hydrogen) atoms. The molecular formula is C20H19FN2O4. The van der Waals surface area contributed by atoms with Crippen LogP contribution in [0.3, 0.4) is 0 Å². The first-order chi connectivity index (χ1) is 12.9. The van der Waals surface area contributed by atoms with Crippen LogP contribution in [0.5, 0.6) is 0 Å². The second kappa shape index (κ2) is 7.99. The molecule has 0 radical (unpaired) electrons. The summed E-state index contributed by atoms with van der Waals surface area (Å²) in [5.41, 5.74) is 1.34. The van der Waals surface area contributed by atoms with Crippen molar-refractivity contribution in [3.63, 3.8) is 0 Å². The molecule has 7 heteroatoms. The van der Waals surface area contributed by atoms with Crippen molar-refractivity contribution in [1.29, 1.82) is 0 Å². The Morgan fingerprint density at radius 1 is 1.00 bits per heavy atom. The van der Waals surface area contributed by atoms with Gasteiger partial charge in [0.1, 0.15) is 12.4 Å². The van der Waals surface area contributed by atoms with Crippen molar-refractivity contribution < 1.29 is 23.9 Å². The second-order valence-electron chi connectivity index (χ2n) is 6.51. The first kappa shape index (κ1) is 18.6. The molecule has 1 aliphatic carbocycles. The highest BCUT2D eigenvalue weighted by atomic mass is 19.1. The molecule has 0 atom stereocenters. The monoisotopic (exact) mass is 370 g/mol. The van der Waals surface area contributed by atoms with Crippen LogP contribution in [0.2, 0.25) is 0 Å². The van der Waals surface area contributed by atoms with Crippen LogP contribution >= 0.6 is 0 Å². The van der Waals surface area contributed by atoms with E-state index in [4.69, 9.17) is 5.11 Å². The van der Waals surface area contributed by atoms with E-state index in [2.05, 4.69) is 5.32 Å². The summed E-state index contributed by atoms with van der Waals surface area (Å²) in [4.78, 5) is 37.0. The zero-order valence-corrected chi connectivity index (χ0v) is 14.5. The largest absolute Gasteiger partial charge is 0.480 e. The van der Waals surface area contributed by atoms with Crippen molar-refractivity contribution in [1.82, 2.24) is 10.2 Å². The molecule has 1 fully saturated rings. The number of aliphatic carboxylic acids is 1. The third kappa shape index (κ3) is 5.13. The normalized spacial score (nSPS) is 13.1. The Morgan fingerprint density at radius 2 is 1.59 bits per heavy atom. The molecule has 2 N–H and O–H groups in total. The topological polar surface area (TPSA) is 86.7 Å². The SMILES string of the molecule is O=C(O)CN(Cc1ccc(F)cc1)C(=O)c1ccc(C(=O)NC2CC2)cc1. The van der Waals surface area contributed by atoms with Gasteiger partial charge in [0.15, 0.2) is 0 Å². The fraction of sp³-hybridized carbons (Fsp3) is 0.250. The lowest BCUT2D eigenvalue weighted by Gasteiger charge is -2.21. The molecule has 1 aliphatic rings. The summed E-state index contributed by atoms with van der Waals surface area (Å²) < 4.78 is 13.0. The van der Waals surface area contributed by atoms with E-state index in [1.54, 1.807) is 12.1 Å². The minimum atomic E-state index is -1.15. The molecule has 1 saturated carbocycles. The maximum atomic E-state index is 13.0. The van der Waals surface area contributed by atoms with Gasteiger partial charge in [-0.05, 0) is 54.8 Å². The highest BCUT2D eigenvalue weighted by Gasteiger charge is 2.24. The van der Waals surface area contributed by atoms with Gasteiger partial charge in [-0.25, -0.2) is 4.39 Å². The fourth-order valence-electron chi connectivity index (χ4n) is 2.62. The number of hydrogen-bond acceptors (Lipinski definition) is 3. The number of rotatable bonds is 7. The lowest BCUT2D eigenvalue weighted by atomic mass is 10.1. The summed E-state index contributed by atoms with van der Waals surface area (Å²) in [6.07, 6.45) is 1.96. The van der Waals surface area contributed by atoms with Gasteiger partial charge in [-0.1, -0.05) is 12.1 Å². The van der Waals surface area contributed by atoms with Gasteiger partial charge < -0.3 is 15.3 Å². The van der Waals surface area contributed by atoms with Crippen LogP contribution in [0.1, 0.15) is 39.1 Å². The Hall–Kier alpha value is -3.22. The summed E-state index contributed by atoms with van der Waals surface area (Å²) in [6.45, 7) is -0.449. The first-order valence-electron chi connectivity index (χ1n) is 8.59. The Balaban J connectivity index is 1.73. The van der Waals surface area contributed by atoms with Gasteiger partial charge >= 0.3 is 5.97 Å². The van der Waals surface area contributed by atoms with Crippen LogP contribution in [-0.2, 0) is 11.3 Å². The van der Waals surface area contributed by atoms with Crippen molar-refractivity contribution in [3.05, 3.63) is 71.0 Å². The quantitative estimate of drug-likeness (QED) is 0.784. The minimum Gasteiger partial charge on any atom is -0.480 e. The Morgan fingerprint density at radius 3 is 2.15 bits per heavy atom. The molecule has 140 valence electrons. The molecule has 0 spiro atoms. The third-order valence-corrected chi connectivity index (χ3v) is 4.21. The summed E-state index contributed by atoms with van der Waals surface area (Å²) in [6, 6.07) is 11.8. The van der Waals surface area contributed by atoms with Crippen molar-refractivity contribution >= 4 is 17.8 Å². The third-order valence-electron chi connectivity index (χ3n) is 4.21. The molecule has 2 aromatic carbocycles. The molecule has 2 amide bonds. The molecule has 0 heterocycles. The molecular weight excluding hydrogens is 351 g/mol. The van der Waals surface area contributed by atoms with E-state index in [1.165, 1.54) is 36.4 Å². The van der Waals surface area contributed by atoms with E-state index in [-0.39, 0.29) is 24.1 Å². The predicted molar refractivity (Wildman–Crippen MR) is 95.7 cm³/mol. The lowest BCUT2D eigenvalue weighted by Crippen LogP contribution is -2.35. The van der Waals surface area contributed by atoms with Gasteiger partial charge in [0, 0.05) is 23.7 Å². The summed E-state index contributed by atoms with van der Waals surface area (Å²) in [7, 11) is 0. The highest BCUT2D eigenvalue weighted by Crippen LogP contribution is 2.19. The van der Waals surface area contributed by atoms with Crippen molar-refractivity contribution in [3.8, 4) is 0 Å². The van der Waals surface area contributed by atoms with Crippen LogP contribution < -0.4 is 5.32 Å². The highest BCUT2D eigenvalue weighted by molar-refractivity contribution is 5.98. The summed E-state index contributed by atoms with van der Waals surface area (Å²) >= 11 is 0. The maximum Gasteiger partial charge on any atom is 0.323 e. The van der Waals surface area contributed by atoms with Crippen molar-refractivity contribution in [2.45, 2.75) is 25.4 Å². The molecule has 3 rings (SSSR count). The number of halogens is 1. The van der Waals surface area contributed by atoms with Gasteiger partial charge in [-0.3, -0.25) is 14.4 Å². The zero-order valence-electron chi connectivity index (χ0n) is 14.5. The van der Waals surface area contributed by atoms with Gasteiger partial charge in [0.25, 0.3) is 11.8 Å². The summed E-state index contributed by atoms with van der Waals surface area (Å²) in [5, 5.41) is 12.0. The Kier molecular flexibility index (Phi) is 5.49. The van der Waals surface area contributed by atoms with Crippen molar-refractivity contribution in [2.75, 3.05) is 6.54 Å². The van der Waals surface area contributed by atoms with Crippen LogP contribution in [0.4, 0.5) is 4.39 Å². The second-order valence-corrected chi connectivity index (χ2v) is 6.51. The number of carboxylic acid groups (broad SMARTS) is 1. The van der Waals surface area contributed by atoms with E-state index in [1.807, 2.05) is 0 Å². The van der Waals surface area contributed by atoms with Gasteiger partial charge in [0.05, 0.1) is 0 Å². The molecule has 0 aliphatic heterocycles. The molecule has 2 aromatic rings.